The molecule has 0 amide bonds. The smallest absolute Gasteiger partial charge is 0.123 e. The Hall–Kier alpha value is -2.27. The number of imidazole rings is 1. The molecule has 2 aromatic heterocycles. The number of hydrogen-bond acceptors (Lipinski definition) is 4. The zero-order valence-corrected chi connectivity index (χ0v) is 12.7. The predicted molar refractivity (Wildman–Crippen MR) is 85.1 cm³/mol. The van der Waals surface area contributed by atoms with Gasteiger partial charge in [0.15, 0.2) is 0 Å². The molecule has 1 saturated heterocycles. The van der Waals surface area contributed by atoms with Gasteiger partial charge in [-0.1, -0.05) is 12.1 Å². The van der Waals surface area contributed by atoms with E-state index in [4.69, 9.17) is 4.98 Å². The van der Waals surface area contributed by atoms with E-state index in [2.05, 4.69) is 44.7 Å². The fourth-order valence-corrected chi connectivity index (χ4v) is 3.35. The molecule has 0 saturated carbocycles. The van der Waals surface area contributed by atoms with E-state index in [1.807, 2.05) is 12.3 Å². The molecule has 112 valence electrons. The van der Waals surface area contributed by atoms with E-state index in [-0.39, 0.29) is 0 Å². The number of fused-ring (bicyclic) bond motifs is 1. The van der Waals surface area contributed by atoms with Crippen LogP contribution in [0.2, 0.25) is 0 Å². The Labute approximate surface area is 129 Å². The number of hydrogen-bond donors (Lipinski definition) is 0. The maximum absolute atomic E-state index is 4.79. The normalized spacial score (nSPS) is 19.0. The molecule has 0 radical (unpaired) electrons. The van der Waals surface area contributed by atoms with Gasteiger partial charge in [-0.3, -0.25) is 14.9 Å². The van der Waals surface area contributed by atoms with E-state index in [1.54, 1.807) is 12.4 Å². The summed E-state index contributed by atoms with van der Waals surface area (Å²) in [4.78, 5) is 16.0. The van der Waals surface area contributed by atoms with Crippen LogP contribution in [0.25, 0.3) is 11.0 Å². The SMILES string of the molecule is Cn1c(CN2CCCC2c2cnccn2)nc2ccccc21. The lowest BCUT2D eigenvalue weighted by Gasteiger charge is -2.23. The molecule has 0 aliphatic carbocycles. The van der Waals surface area contributed by atoms with Crippen LogP contribution in [-0.2, 0) is 13.6 Å². The molecule has 1 aliphatic heterocycles. The van der Waals surface area contributed by atoms with Gasteiger partial charge in [-0.05, 0) is 31.5 Å². The Morgan fingerprint density at radius 3 is 2.95 bits per heavy atom. The first-order chi connectivity index (χ1) is 10.8. The van der Waals surface area contributed by atoms with Crippen molar-refractivity contribution in [1.29, 1.82) is 0 Å². The molecule has 4 rings (SSSR count). The summed E-state index contributed by atoms with van der Waals surface area (Å²) in [6.07, 6.45) is 7.74. The topological polar surface area (TPSA) is 46.8 Å². The summed E-state index contributed by atoms with van der Waals surface area (Å²) in [5, 5.41) is 0. The molecule has 22 heavy (non-hydrogen) atoms. The highest BCUT2D eigenvalue weighted by Crippen LogP contribution is 2.31. The van der Waals surface area contributed by atoms with Gasteiger partial charge >= 0.3 is 0 Å². The average molecular weight is 293 g/mol. The lowest BCUT2D eigenvalue weighted by atomic mass is 10.1. The van der Waals surface area contributed by atoms with Gasteiger partial charge in [0.1, 0.15) is 5.82 Å². The van der Waals surface area contributed by atoms with Crippen molar-refractivity contribution in [2.75, 3.05) is 6.54 Å². The molecular formula is C17H19N5. The van der Waals surface area contributed by atoms with Crippen LogP contribution < -0.4 is 0 Å². The fourth-order valence-electron chi connectivity index (χ4n) is 3.35. The van der Waals surface area contributed by atoms with Crippen LogP contribution in [0.4, 0.5) is 0 Å². The number of aryl methyl sites for hydroxylation is 1. The molecule has 0 spiro atoms. The van der Waals surface area contributed by atoms with Crippen molar-refractivity contribution in [3.8, 4) is 0 Å². The average Bonchev–Trinajstić information content (AvgIpc) is 3.15. The number of para-hydroxylation sites is 2. The third kappa shape index (κ3) is 2.27. The van der Waals surface area contributed by atoms with Gasteiger partial charge in [0.05, 0.1) is 29.3 Å². The Bertz CT molecular complexity index is 780. The second-order valence-corrected chi connectivity index (χ2v) is 5.83. The van der Waals surface area contributed by atoms with Crippen molar-refractivity contribution in [2.24, 2.45) is 7.05 Å². The molecule has 5 nitrogen and oxygen atoms in total. The minimum Gasteiger partial charge on any atom is -0.330 e. The lowest BCUT2D eigenvalue weighted by Crippen LogP contribution is -2.25. The minimum atomic E-state index is 0.355. The van der Waals surface area contributed by atoms with Crippen molar-refractivity contribution in [2.45, 2.75) is 25.4 Å². The zero-order valence-electron chi connectivity index (χ0n) is 12.7. The molecule has 1 aliphatic rings. The van der Waals surface area contributed by atoms with Crippen molar-refractivity contribution in [3.63, 3.8) is 0 Å². The van der Waals surface area contributed by atoms with Crippen LogP contribution in [0.1, 0.15) is 30.4 Å². The standard InChI is InChI=1S/C17H19N5/c1-21-15-6-3-2-5-13(15)20-17(21)12-22-10-4-7-16(22)14-11-18-8-9-19-14/h2-3,5-6,8-9,11,16H,4,7,10,12H2,1H3. The summed E-state index contributed by atoms with van der Waals surface area (Å²) in [6.45, 7) is 1.94. The molecule has 1 unspecified atom stereocenters. The lowest BCUT2D eigenvalue weighted by molar-refractivity contribution is 0.236. The summed E-state index contributed by atoms with van der Waals surface area (Å²) in [6, 6.07) is 8.65. The van der Waals surface area contributed by atoms with E-state index in [0.717, 1.165) is 36.5 Å². The Morgan fingerprint density at radius 1 is 1.23 bits per heavy atom. The molecular weight excluding hydrogens is 274 g/mol. The van der Waals surface area contributed by atoms with E-state index in [0.29, 0.717) is 6.04 Å². The summed E-state index contributed by atoms with van der Waals surface area (Å²) >= 11 is 0. The van der Waals surface area contributed by atoms with Gasteiger partial charge < -0.3 is 4.57 Å². The number of benzene rings is 1. The first-order valence-electron chi connectivity index (χ1n) is 7.73. The van der Waals surface area contributed by atoms with E-state index in [1.165, 1.54) is 11.9 Å². The molecule has 0 N–H and O–H groups in total. The van der Waals surface area contributed by atoms with Gasteiger partial charge in [-0.2, -0.15) is 0 Å². The van der Waals surface area contributed by atoms with Crippen molar-refractivity contribution < 1.29 is 0 Å². The van der Waals surface area contributed by atoms with Crippen molar-refractivity contribution in [3.05, 3.63) is 54.4 Å². The van der Waals surface area contributed by atoms with E-state index >= 15 is 0 Å². The van der Waals surface area contributed by atoms with Crippen molar-refractivity contribution >= 4 is 11.0 Å². The Balaban J connectivity index is 1.63. The van der Waals surface area contributed by atoms with Crippen LogP contribution in [0.15, 0.2) is 42.9 Å². The highest BCUT2D eigenvalue weighted by molar-refractivity contribution is 5.75. The molecule has 5 heteroatoms. The molecule has 1 atom stereocenters. The monoisotopic (exact) mass is 293 g/mol. The summed E-state index contributed by atoms with van der Waals surface area (Å²) in [7, 11) is 2.10. The van der Waals surface area contributed by atoms with Gasteiger partial charge in [-0.15, -0.1) is 0 Å². The Morgan fingerprint density at radius 2 is 2.14 bits per heavy atom. The quantitative estimate of drug-likeness (QED) is 0.745. The van der Waals surface area contributed by atoms with Gasteiger partial charge in [0, 0.05) is 25.6 Å². The Kier molecular flexibility index (Phi) is 3.35. The fraction of sp³-hybridized carbons (Fsp3) is 0.353. The van der Waals surface area contributed by atoms with E-state index in [9.17, 15) is 0 Å². The molecule has 1 aromatic carbocycles. The second-order valence-electron chi connectivity index (χ2n) is 5.83. The summed E-state index contributed by atoms with van der Waals surface area (Å²) in [5.74, 6) is 1.11. The first-order valence-corrected chi connectivity index (χ1v) is 7.73. The van der Waals surface area contributed by atoms with E-state index < -0.39 is 0 Å². The van der Waals surface area contributed by atoms with Crippen molar-refractivity contribution in [1.82, 2.24) is 24.4 Å². The highest BCUT2D eigenvalue weighted by Gasteiger charge is 2.28. The number of rotatable bonds is 3. The largest absolute Gasteiger partial charge is 0.330 e. The first kappa shape index (κ1) is 13.4. The minimum absolute atomic E-state index is 0.355. The summed E-state index contributed by atoms with van der Waals surface area (Å²) < 4.78 is 2.20. The van der Waals surface area contributed by atoms with Gasteiger partial charge in [0.2, 0.25) is 0 Å². The van der Waals surface area contributed by atoms with Crippen LogP contribution in [-0.4, -0.2) is 31.0 Å². The summed E-state index contributed by atoms with van der Waals surface area (Å²) in [5.41, 5.74) is 3.32. The predicted octanol–water partition coefficient (Wildman–Crippen LogP) is 2.70. The van der Waals surface area contributed by atoms with Gasteiger partial charge in [0.25, 0.3) is 0 Å². The number of aromatic nitrogens is 4. The van der Waals surface area contributed by atoms with Crippen LogP contribution in [0, 0.1) is 0 Å². The van der Waals surface area contributed by atoms with Crippen LogP contribution in [0.3, 0.4) is 0 Å². The maximum atomic E-state index is 4.79. The second kappa shape index (κ2) is 5.50. The van der Waals surface area contributed by atoms with Crippen LogP contribution >= 0.6 is 0 Å². The maximum Gasteiger partial charge on any atom is 0.123 e. The molecule has 3 heterocycles. The zero-order chi connectivity index (χ0) is 14.9. The third-order valence-electron chi connectivity index (χ3n) is 4.51. The highest BCUT2D eigenvalue weighted by atomic mass is 15.2. The number of likely N-dealkylation sites (tertiary alicyclic amines) is 1. The molecule has 1 fully saturated rings. The molecule has 0 bridgehead atoms. The van der Waals surface area contributed by atoms with Crippen LogP contribution in [0.5, 0.6) is 0 Å². The number of nitrogens with zero attached hydrogens (tertiary/aromatic N) is 5. The third-order valence-corrected chi connectivity index (χ3v) is 4.51. The van der Waals surface area contributed by atoms with Gasteiger partial charge in [-0.25, -0.2) is 4.98 Å². The molecule has 3 aromatic rings.